The number of hydrogen-bond acceptors (Lipinski definition) is 5. The van der Waals surface area contributed by atoms with Gasteiger partial charge in [0.25, 0.3) is 0 Å². The summed E-state index contributed by atoms with van der Waals surface area (Å²) in [5.74, 6) is -0.0761. The fraction of sp³-hybridized carbons (Fsp3) is 0.880. The zero-order valence-corrected chi connectivity index (χ0v) is 37.4. The molecule has 0 aromatic heterocycles. The lowest BCUT2D eigenvalue weighted by Crippen LogP contribution is -2.45. The van der Waals surface area contributed by atoms with Gasteiger partial charge in [-0.25, -0.2) is 0 Å². The third-order valence-electron chi connectivity index (χ3n) is 11.3. The largest absolute Gasteiger partial charge is 0.466 e. The number of carbonyl (C=O) groups is 2. The van der Waals surface area contributed by atoms with Crippen molar-refractivity contribution in [2.24, 2.45) is 0 Å². The molecule has 330 valence electrons. The lowest BCUT2D eigenvalue weighted by Gasteiger charge is -2.22. The summed E-state index contributed by atoms with van der Waals surface area (Å²) < 4.78 is 5.45. The van der Waals surface area contributed by atoms with Crippen molar-refractivity contribution in [3.05, 3.63) is 24.3 Å². The van der Waals surface area contributed by atoms with Crippen molar-refractivity contribution in [2.75, 3.05) is 13.2 Å². The highest BCUT2D eigenvalue weighted by Crippen LogP contribution is 2.16. The molecule has 0 aromatic rings. The average molecular weight is 790 g/mol. The van der Waals surface area contributed by atoms with Gasteiger partial charge in [0.15, 0.2) is 0 Å². The summed E-state index contributed by atoms with van der Waals surface area (Å²) in [6.45, 7) is 4.88. The number of nitrogens with one attached hydrogen (secondary N) is 1. The van der Waals surface area contributed by atoms with Crippen LogP contribution in [0.5, 0.6) is 0 Å². The Morgan fingerprint density at radius 2 is 0.893 bits per heavy atom. The second kappa shape index (κ2) is 46.0. The molecular formula is C50H95NO5. The van der Waals surface area contributed by atoms with Gasteiger partial charge in [0.2, 0.25) is 5.91 Å². The molecule has 0 aliphatic heterocycles. The molecule has 0 bridgehead atoms. The standard InChI is InChI=1S/C50H95NO5/c1-3-5-7-9-11-13-15-16-17-18-19-24-28-32-36-40-44-50(55)56-45-41-37-33-29-25-21-20-23-27-31-35-39-43-49(54)51-47(46-52)48(53)42-38-34-30-26-22-14-12-10-8-6-4-2/h13,15,17-18,47-48,52-53H,3-12,14,16,19-46H2,1-2H3,(H,51,54)/b15-13-,18-17-. The van der Waals surface area contributed by atoms with E-state index in [0.29, 0.717) is 25.9 Å². The molecule has 2 atom stereocenters. The maximum Gasteiger partial charge on any atom is 0.305 e. The van der Waals surface area contributed by atoms with Crippen LogP contribution in [0.4, 0.5) is 0 Å². The molecule has 0 saturated carbocycles. The monoisotopic (exact) mass is 790 g/mol. The maximum atomic E-state index is 12.4. The van der Waals surface area contributed by atoms with Gasteiger partial charge >= 0.3 is 5.97 Å². The zero-order valence-electron chi connectivity index (χ0n) is 37.4. The Hall–Kier alpha value is -1.66. The molecule has 0 aliphatic carbocycles. The van der Waals surface area contributed by atoms with Crippen LogP contribution in [0.15, 0.2) is 24.3 Å². The predicted octanol–water partition coefficient (Wildman–Crippen LogP) is 14.3. The second-order valence-electron chi connectivity index (χ2n) is 16.8. The first-order valence-electron chi connectivity index (χ1n) is 24.6. The van der Waals surface area contributed by atoms with E-state index in [1.165, 1.54) is 154 Å². The number of allylic oxidation sites excluding steroid dienone is 4. The molecule has 0 aromatic carbocycles. The molecule has 2 unspecified atom stereocenters. The van der Waals surface area contributed by atoms with Gasteiger partial charge in [-0.15, -0.1) is 0 Å². The van der Waals surface area contributed by atoms with Crippen LogP contribution >= 0.6 is 0 Å². The van der Waals surface area contributed by atoms with Gasteiger partial charge in [0, 0.05) is 12.8 Å². The van der Waals surface area contributed by atoms with Crippen LogP contribution in [0.3, 0.4) is 0 Å². The van der Waals surface area contributed by atoms with Crippen molar-refractivity contribution < 1.29 is 24.5 Å². The van der Waals surface area contributed by atoms with E-state index in [2.05, 4.69) is 43.5 Å². The minimum Gasteiger partial charge on any atom is -0.466 e. The predicted molar refractivity (Wildman–Crippen MR) is 241 cm³/mol. The Balaban J connectivity index is 3.46. The lowest BCUT2D eigenvalue weighted by atomic mass is 10.0. The summed E-state index contributed by atoms with van der Waals surface area (Å²) >= 11 is 0. The molecular weight excluding hydrogens is 695 g/mol. The highest BCUT2D eigenvalue weighted by atomic mass is 16.5. The first-order valence-corrected chi connectivity index (χ1v) is 24.6. The summed E-state index contributed by atoms with van der Waals surface area (Å²) in [6, 6.07) is -0.552. The zero-order chi connectivity index (χ0) is 40.8. The Kier molecular flexibility index (Phi) is 44.7. The number of amides is 1. The molecule has 1 amide bonds. The number of hydrogen-bond donors (Lipinski definition) is 3. The van der Waals surface area contributed by atoms with Crippen molar-refractivity contribution >= 4 is 11.9 Å². The molecule has 0 fully saturated rings. The van der Waals surface area contributed by atoms with E-state index >= 15 is 0 Å². The molecule has 6 heteroatoms. The summed E-state index contributed by atoms with van der Waals surface area (Å²) in [5, 5.41) is 23.1. The number of unbranched alkanes of at least 4 members (excludes halogenated alkanes) is 30. The van der Waals surface area contributed by atoms with Gasteiger partial charge in [-0.05, 0) is 57.8 Å². The lowest BCUT2D eigenvalue weighted by molar-refractivity contribution is -0.143. The Morgan fingerprint density at radius 1 is 0.500 bits per heavy atom. The average Bonchev–Trinajstić information content (AvgIpc) is 3.20. The summed E-state index contributed by atoms with van der Waals surface area (Å²) in [4.78, 5) is 24.4. The molecule has 0 heterocycles. The van der Waals surface area contributed by atoms with Crippen LogP contribution in [0.25, 0.3) is 0 Å². The Labute approximate surface area is 348 Å². The normalized spacial score (nSPS) is 12.9. The van der Waals surface area contributed by atoms with E-state index in [-0.39, 0.29) is 18.5 Å². The molecule has 3 N–H and O–H groups in total. The van der Waals surface area contributed by atoms with Crippen LogP contribution in [0.2, 0.25) is 0 Å². The Bertz CT molecular complexity index is 874. The van der Waals surface area contributed by atoms with Crippen molar-refractivity contribution in [2.45, 2.75) is 270 Å². The van der Waals surface area contributed by atoms with Crippen molar-refractivity contribution in [1.29, 1.82) is 0 Å². The van der Waals surface area contributed by atoms with Crippen LogP contribution in [-0.2, 0) is 14.3 Å². The summed E-state index contributed by atoms with van der Waals surface area (Å²) in [6.07, 6.45) is 52.8. The number of rotatable bonds is 45. The van der Waals surface area contributed by atoms with Crippen LogP contribution in [0, 0.1) is 0 Å². The van der Waals surface area contributed by atoms with E-state index in [1.807, 2.05) is 0 Å². The quantitative estimate of drug-likeness (QED) is 0.0324. The smallest absolute Gasteiger partial charge is 0.305 e. The fourth-order valence-electron chi connectivity index (χ4n) is 7.43. The molecule has 0 radical (unpaired) electrons. The molecule has 0 rings (SSSR count). The first-order chi connectivity index (χ1) is 27.5. The molecule has 0 spiro atoms. The third kappa shape index (κ3) is 42.0. The molecule has 56 heavy (non-hydrogen) atoms. The number of ether oxygens (including phenoxy) is 1. The fourth-order valence-corrected chi connectivity index (χ4v) is 7.43. The molecule has 0 saturated heterocycles. The number of aliphatic hydroxyl groups is 2. The minimum absolute atomic E-state index is 0.0231. The Morgan fingerprint density at radius 3 is 1.38 bits per heavy atom. The molecule has 6 nitrogen and oxygen atoms in total. The maximum absolute atomic E-state index is 12.4. The van der Waals surface area contributed by atoms with E-state index < -0.39 is 12.1 Å². The van der Waals surface area contributed by atoms with Gasteiger partial charge < -0.3 is 20.3 Å². The van der Waals surface area contributed by atoms with Crippen LogP contribution < -0.4 is 5.32 Å². The van der Waals surface area contributed by atoms with Gasteiger partial charge in [-0.1, -0.05) is 212 Å². The topological polar surface area (TPSA) is 95.9 Å². The summed E-state index contributed by atoms with van der Waals surface area (Å²) in [5.41, 5.74) is 0. The highest BCUT2D eigenvalue weighted by molar-refractivity contribution is 5.76. The molecule has 0 aliphatic rings. The van der Waals surface area contributed by atoms with Gasteiger partial charge in [0.1, 0.15) is 0 Å². The number of carbonyl (C=O) groups excluding carboxylic acids is 2. The van der Waals surface area contributed by atoms with Crippen molar-refractivity contribution in [3.8, 4) is 0 Å². The van der Waals surface area contributed by atoms with Crippen LogP contribution in [-0.4, -0.2) is 47.4 Å². The van der Waals surface area contributed by atoms with E-state index in [9.17, 15) is 19.8 Å². The van der Waals surface area contributed by atoms with Gasteiger partial charge in [-0.3, -0.25) is 9.59 Å². The van der Waals surface area contributed by atoms with E-state index in [4.69, 9.17) is 4.74 Å². The third-order valence-corrected chi connectivity index (χ3v) is 11.3. The van der Waals surface area contributed by atoms with Gasteiger partial charge in [0.05, 0.1) is 25.4 Å². The second-order valence-corrected chi connectivity index (χ2v) is 16.8. The number of esters is 1. The van der Waals surface area contributed by atoms with Crippen LogP contribution in [0.1, 0.15) is 258 Å². The van der Waals surface area contributed by atoms with Crippen molar-refractivity contribution in [3.63, 3.8) is 0 Å². The van der Waals surface area contributed by atoms with Crippen molar-refractivity contribution in [1.82, 2.24) is 5.32 Å². The highest BCUT2D eigenvalue weighted by Gasteiger charge is 2.20. The minimum atomic E-state index is -0.673. The first kappa shape index (κ1) is 54.3. The summed E-state index contributed by atoms with van der Waals surface area (Å²) in [7, 11) is 0. The van der Waals surface area contributed by atoms with E-state index in [0.717, 1.165) is 70.6 Å². The number of aliphatic hydroxyl groups excluding tert-OH is 2. The van der Waals surface area contributed by atoms with E-state index in [1.54, 1.807) is 0 Å². The van der Waals surface area contributed by atoms with Gasteiger partial charge in [-0.2, -0.15) is 0 Å². The SMILES string of the molecule is CCCCCC/C=C\C/C=C\CCCCCCCC(=O)OCCCCCCCCCCCCCCC(=O)NC(CO)C(O)CCCCCCCCCCCCC.